The van der Waals surface area contributed by atoms with Crippen LogP contribution in [0.5, 0.6) is 0 Å². The molecule has 2 heteroatoms. The summed E-state index contributed by atoms with van der Waals surface area (Å²) in [5, 5.41) is 0. The Labute approximate surface area is 62.2 Å². The number of hydrogen-bond acceptors (Lipinski definition) is 1. The Balaban J connectivity index is 2.36. The Hall–Kier alpha value is -0.110. The van der Waals surface area contributed by atoms with Gasteiger partial charge >= 0.3 is 0 Å². The number of likely N-dealkylation sites (tertiary alicyclic amines) is 1. The van der Waals surface area contributed by atoms with Gasteiger partial charge < -0.3 is 0 Å². The molecule has 0 bridgehead atoms. The largest absolute Gasteiger partial charge is 0.274 e. The maximum absolute atomic E-state index is 13.0. The van der Waals surface area contributed by atoms with Gasteiger partial charge in [0.1, 0.15) is 0 Å². The van der Waals surface area contributed by atoms with Crippen LogP contribution >= 0.6 is 0 Å². The van der Waals surface area contributed by atoms with Gasteiger partial charge in [-0.3, -0.25) is 4.90 Å². The van der Waals surface area contributed by atoms with Gasteiger partial charge in [-0.2, -0.15) is 0 Å². The number of halogens is 1. The number of rotatable bonds is 1. The molecule has 0 spiro atoms. The van der Waals surface area contributed by atoms with E-state index >= 15 is 0 Å². The summed E-state index contributed by atoms with van der Waals surface area (Å²) >= 11 is 0. The summed E-state index contributed by atoms with van der Waals surface area (Å²) in [4.78, 5) is 1.90. The quantitative estimate of drug-likeness (QED) is 0.510. The van der Waals surface area contributed by atoms with Crippen LogP contribution in [0.2, 0.25) is 0 Å². The SMILES string of the molecule is CCN1CCC(C)CC1F. The monoisotopic (exact) mass is 145 g/mol. The van der Waals surface area contributed by atoms with Crippen LogP contribution in [0.15, 0.2) is 0 Å². The molecule has 0 aliphatic carbocycles. The van der Waals surface area contributed by atoms with Crippen molar-refractivity contribution in [1.82, 2.24) is 4.90 Å². The van der Waals surface area contributed by atoms with Crippen molar-refractivity contribution in [3.8, 4) is 0 Å². The third-order valence-corrected chi connectivity index (χ3v) is 2.31. The van der Waals surface area contributed by atoms with Crippen LogP contribution in [0.3, 0.4) is 0 Å². The van der Waals surface area contributed by atoms with Crippen LogP contribution in [0.1, 0.15) is 26.7 Å². The van der Waals surface area contributed by atoms with E-state index in [2.05, 4.69) is 6.92 Å². The van der Waals surface area contributed by atoms with Gasteiger partial charge in [-0.05, 0) is 25.3 Å². The van der Waals surface area contributed by atoms with Gasteiger partial charge in [0.05, 0.1) is 0 Å². The Morgan fingerprint density at radius 1 is 1.60 bits per heavy atom. The topological polar surface area (TPSA) is 3.24 Å². The van der Waals surface area contributed by atoms with Crippen LogP contribution in [0.4, 0.5) is 4.39 Å². The molecule has 1 fully saturated rings. The van der Waals surface area contributed by atoms with Gasteiger partial charge in [0, 0.05) is 6.54 Å². The van der Waals surface area contributed by atoms with Gasteiger partial charge in [0.15, 0.2) is 6.30 Å². The van der Waals surface area contributed by atoms with E-state index < -0.39 is 6.30 Å². The van der Waals surface area contributed by atoms with E-state index in [9.17, 15) is 4.39 Å². The second-order valence-electron chi connectivity index (χ2n) is 3.19. The molecule has 2 unspecified atom stereocenters. The maximum Gasteiger partial charge on any atom is 0.153 e. The molecule has 0 radical (unpaired) electrons. The molecule has 0 saturated carbocycles. The van der Waals surface area contributed by atoms with Crippen LogP contribution in [0, 0.1) is 5.92 Å². The summed E-state index contributed by atoms with van der Waals surface area (Å²) in [5.74, 6) is 0.581. The fourth-order valence-corrected chi connectivity index (χ4v) is 1.48. The Morgan fingerprint density at radius 3 is 2.80 bits per heavy atom. The summed E-state index contributed by atoms with van der Waals surface area (Å²) in [6.45, 7) is 5.94. The van der Waals surface area contributed by atoms with Crippen molar-refractivity contribution in [3.63, 3.8) is 0 Å². The third kappa shape index (κ3) is 1.69. The van der Waals surface area contributed by atoms with E-state index in [1.807, 2.05) is 11.8 Å². The first-order valence-electron chi connectivity index (χ1n) is 4.12. The van der Waals surface area contributed by atoms with E-state index in [0.29, 0.717) is 5.92 Å². The van der Waals surface area contributed by atoms with Gasteiger partial charge in [0.2, 0.25) is 0 Å². The van der Waals surface area contributed by atoms with Crippen LogP contribution < -0.4 is 0 Å². The minimum absolute atomic E-state index is 0.581. The summed E-state index contributed by atoms with van der Waals surface area (Å²) in [5.41, 5.74) is 0. The molecule has 1 saturated heterocycles. The Bertz CT molecular complexity index is 105. The Morgan fingerprint density at radius 2 is 2.30 bits per heavy atom. The molecule has 60 valence electrons. The standard InChI is InChI=1S/C8H16FN/c1-3-10-5-4-7(2)6-8(10)9/h7-8H,3-6H2,1-2H3. The molecule has 10 heavy (non-hydrogen) atoms. The van der Waals surface area contributed by atoms with E-state index in [4.69, 9.17) is 0 Å². The fourth-order valence-electron chi connectivity index (χ4n) is 1.48. The first-order valence-corrected chi connectivity index (χ1v) is 4.12. The zero-order valence-corrected chi connectivity index (χ0v) is 6.81. The highest BCUT2D eigenvalue weighted by Crippen LogP contribution is 2.22. The van der Waals surface area contributed by atoms with E-state index in [1.165, 1.54) is 0 Å². The smallest absolute Gasteiger partial charge is 0.153 e. The first kappa shape index (κ1) is 7.99. The number of piperidine rings is 1. The van der Waals surface area contributed by atoms with E-state index in [1.54, 1.807) is 0 Å². The molecule has 0 amide bonds. The molecule has 0 aromatic rings. The second-order valence-corrected chi connectivity index (χ2v) is 3.19. The van der Waals surface area contributed by atoms with E-state index in [-0.39, 0.29) is 0 Å². The van der Waals surface area contributed by atoms with Crippen molar-refractivity contribution in [3.05, 3.63) is 0 Å². The summed E-state index contributed by atoms with van der Waals surface area (Å²) in [7, 11) is 0. The van der Waals surface area contributed by atoms with Crippen molar-refractivity contribution >= 4 is 0 Å². The van der Waals surface area contributed by atoms with Crippen molar-refractivity contribution in [2.75, 3.05) is 13.1 Å². The normalized spacial score (nSPS) is 36.3. The molecule has 0 aromatic carbocycles. The molecular weight excluding hydrogens is 129 g/mol. The van der Waals surface area contributed by atoms with Gasteiger partial charge in [-0.15, -0.1) is 0 Å². The highest BCUT2D eigenvalue weighted by atomic mass is 19.1. The zero-order valence-electron chi connectivity index (χ0n) is 6.81. The average Bonchev–Trinajstić information content (AvgIpc) is 1.88. The predicted molar refractivity (Wildman–Crippen MR) is 40.5 cm³/mol. The lowest BCUT2D eigenvalue weighted by Gasteiger charge is -2.32. The minimum Gasteiger partial charge on any atom is -0.274 e. The lowest BCUT2D eigenvalue weighted by atomic mass is 9.98. The fraction of sp³-hybridized carbons (Fsp3) is 1.00. The molecule has 2 atom stereocenters. The van der Waals surface area contributed by atoms with Crippen molar-refractivity contribution in [1.29, 1.82) is 0 Å². The molecule has 1 rings (SSSR count). The second kappa shape index (κ2) is 3.33. The molecule has 0 N–H and O–H groups in total. The molecule has 1 heterocycles. The third-order valence-electron chi connectivity index (χ3n) is 2.31. The first-order chi connectivity index (χ1) is 4.74. The highest BCUT2D eigenvalue weighted by Gasteiger charge is 2.23. The summed E-state index contributed by atoms with van der Waals surface area (Å²) in [6, 6.07) is 0. The van der Waals surface area contributed by atoms with Gasteiger partial charge in [-0.25, -0.2) is 4.39 Å². The minimum atomic E-state index is -0.672. The molecule has 0 aromatic heterocycles. The molecule has 1 aliphatic heterocycles. The van der Waals surface area contributed by atoms with Crippen LogP contribution in [0.25, 0.3) is 0 Å². The van der Waals surface area contributed by atoms with Crippen LogP contribution in [-0.2, 0) is 0 Å². The number of alkyl halides is 1. The van der Waals surface area contributed by atoms with Crippen molar-refractivity contribution in [2.45, 2.75) is 33.0 Å². The molecule has 1 nitrogen and oxygen atoms in total. The van der Waals surface area contributed by atoms with Gasteiger partial charge in [-0.1, -0.05) is 13.8 Å². The Kier molecular flexibility index (Phi) is 2.66. The van der Waals surface area contributed by atoms with Crippen LogP contribution in [-0.4, -0.2) is 24.3 Å². The molecular formula is C8H16FN. The molecule has 1 aliphatic rings. The highest BCUT2D eigenvalue weighted by molar-refractivity contribution is 4.71. The number of hydrogen-bond donors (Lipinski definition) is 0. The summed E-state index contributed by atoms with van der Waals surface area (Å²) in [6.07, 6.45) is 1.22. The zero-order chi connectivity index (χ0) is 7.56. The van der Waals surface area contributed by atoms with Crippen molar-refractivity contribution < 1.29 is 4.39 Å². The predicted octanol–water partition coefficient (Wildman–Crippen LogP) is 2.03. The average molecular weight is 145 g/mol. The van der Waals surface area contributed by atoms with E-state index in [0.717, 1.165) is 25.9 Å². The number of nitrogens with zero attached hydrogens (tertiary/aromatic N) is 1. The van der Waals surface area contributed by atoms with Crippen molar-refractivity contribution in [2.24, 2.45) is 5.92 Å². The lowest BCUT2D eigenvalue weighted by molar-refractivity contribution is 0.0300. The van der Waals surface area contributed by atoms with Gasteiger partial charge in [0.25, 0.3) is 0 Å². The summed E-state index contributed by atoms with van der Waals surface area (Å²) < 4.78 is 13.0. The lowest BCUT2D eigenvalue weighted by Crippen LogP contribution is -2.38. The maximum atomic E-state index is 13.0.